The van der Waals surface area contributed by atoms with Gasteiger partial charge in [0.1, 0.15) is 11.5 Å². The predicted molar refractivity (Wildman–Crippen MR) is 81.0 cm³/mol. The van der Waals surface area contributed by atoms with Crippen LogP contribution in [0.25, 0.3) is 0 Å². The van der Waals surface area contributed by atoms with E-state index < -0.39 is 0 Å². The molecule has 0 aliphatic rings. The van der Waals surface area contributed by atoms with Crippen LogP contribution in [0, 0.1) is 0 Å². The Morgan fingerprint density at radius 1 is 1.05 bits per heavy atom. The van der Waals surface area contributed by atoms with Gasteiger partial charge in [-0.25, -0.2) is 0 Å². The first-order valence-electron chi connectivity index (χ1n) is 5.93. The van der Waals surface area contributed by atoms with Gasteiger partial charge in [0.05, 0.1) is 14.2 Å². The number of nitrogens with one attached hydrogen (secondary N) is 1. The summed E-state index contributed by atoms with van der Waals surface area (Å²) >= 11 is 3.47. The molecule has 0 fully saturated rings. The molecule has 0 saturated carbocycles. The number of halogens is 1. The minimum atomic E-state index is 0.690. The summed E-state index contributed by atoms with van der Waals surface area (Å²) in [5.74, 6) is 1.71. The first-order chi connectivity index (χ1) is 9.22. The van der Waals surface area contributed by atoms with Crippen LogP contribution in [-0.2, 0) is 6.54 Å². The molecule has 2 aromatic carbocycles. The van der Waals surface area contributed by atoms with Gasteiger partial charge in [-0.3, -0.25) is 0 Å². The SMILES string of the molecule is COc1cccc(NCc2cc(Br)ccc2OC)c1. The first-order valence-corrected chi connectivity index (χ1v) is 6.72. The maximum absolute atomic E-state index is 5.35. The Hall–Kier alpha value is -1.68. The van der Waals surface area contributed by atoms with E-state index in [1.807, 2.05) is 42.5 Å². The maximum atomic E-state index is 5.35. The molecule has 0 spiro atoms. The molecule has 0 unspecified atom stereocenters. The van der Waals surface area contributed by atoms with E-state index in [-0.39, 0.29) is 0 Å². The molecule has 0 aliphatic carbocycles. The summed E-state index contributed by atoms with van der Waals surface area (Å²) < 4.78 is 11.6. The molecular weight excluding hydrogens is 306 g/mol. The highest BCUT2D eigenvalue weighted by atomic mass is 79.9. The summed E-state index contributed by atoms with van der Waals surface area (Å²) in [5, 5.41) is 3.36. The van der Waals surface area contributed by atoms with Crippen molar-refractivity contribution in [1.82, 2.24) is 0 Å². The second-order valence-corrected chi connectivity index (χ2v) is 4.96. The Labute approximate surface area is 121 Å². The van der Waals surface area contributed by atoms with Crippen molar-refractivity contribution in [3.8, 4) is 11.5 Å². The molecule has 0 heterocycles. The monoisotopic (exact) mass is 321 g/mol. The standard InChI is InChI=1S/C15H16BrNO2/c1-18-14-5-3-4-13(9-14)17-10-11-8-12(16)6-7-15(11)19-2/h3-9,17H,10H2,1-2H3. The zero-order chi connectivity index (χ0) is 13.7. The van der Waals surface area contributed by atoms with E-state index in [9.17, 15) is 0 Å². The van der Waals surface area contributed by atoms with E-state index in [1.54, 1.807) is 14.2 Å². The Balaban J connectivity index is 2.11. The van der Waals surface area contributed by atoms with Gasteiger partial charge in [0.2, 0.25) is 0 Å². The van der Waals surface area contributed by atoms with Crippen LogP contribution in [0.3, 0.4) is 0 Å². The van der Waals surface area contributed by atoms with E-state index in [2.05, 4.69) is 21.2 Å². The number of ether oxygens (including phenoxy) is 2. The van der Waals surface area contributed by atoms with Crippen molar-refractivity contribution in [1.29, 1.82) is 0 Å². The van der Waals surface area contributed by atoms with Crippen molar-refractivity contribution in [2.45, 2.75) is 6.54 Å². The minimum Gasteiger partial charge on any atom is -0.497 e. The van der Waals surface area contributed by atoms with E-state index in [0.29, 0.717) is 6.54 Å². The molecule has 3 nitrogen and oxygen atoms in total. The average molecular weight is 322 g/mol. The normalized spacial score (nSPS) is 10.1. The zero-order valence-corrected chi connectivity index (χ0v) is 12.5. The summed E-state index contributed by atoms with van der Waals surface area (Å²) in [6, 6.07) is 13.8. The van der Waals surface area contributed by atoms with Crippen LogP contribution in [0.4, 0.5) is 5.69 Å². The topological polar surface area (TPSA) is 30.5 Å². The first kappa shape index (κ1) is 13.7. The van der Waals surface area contributed by atoms with Gasteiger partial charge in [-0.1, -0.05) is 22.0 Å². The van der Waals surface area contributed by atoms with E-state index in [1.165, 1.54) is 0 Å². The van der Waals surface area contributed by atoms with E-state index in [4.69, 9.17) is 9.47 Å². The van der Waals surface area contributed by atoms with Gasteiger partial charge >= 0.3 is 0 Å². The van der Waals surface area contributed by atoms with Gasteiger partial charge in [0.15, 0.2) is 0 Å². The number of hydrogen-bond donors (Lipinski definition) is 1. The molecule has 19 heavy (non-hydrogen) atoms. The number of benzene rings is 2. The Kier molecular flexibility index (Phi) is 4.68. The summed E-state index contributed by atoms with van der Waals surface area (Å²) in [4.78, 5) is 0. The summed E-state index contributed by atoms with van der Waals surface area (Å²) in [5.41, 5.74) is 2.11. The molecule has 0 saturated heterocycles. The Bertz CT molecular complexity index is 558. The van der Waals surface area contributed by atoms with Crippen LogP contribution in [0.1, 0.15) is 5.56 Å². The van der Waals surface area contributed by atoms with Gasteiger partial charge in [-0.2, -0.15) is 0 Å². The maximum Gasteiger partial charge on any atom is 0.123 e. The van der Waals surface area contributed by atoms with E-state index in [0.717, 1.165) is 27.2 Å². The molecule has 0 amide bonds. The lowest BCUT2D eigenvalue weighted by Gasteiger charge is -2.11. The molecule has 100 valence electrons. The lowest BCUT2D eigenvalue weighted by molar-refractivity contribution is 0.410. The average Bonchev–Trinajstić information content (AvgIpc) is 2.45. The molecule has 4 heteroatoms. The van der Waals surface area contributed by atoms with Crippen molar-refractivity contribution in [2.75, 3.05) is 19.5 Å². The molecule has 2 aromatic rings. The summed E-state index contributed by atoms with van der Waals surface area (Å²) in [7, 11) is 3.34. The lowest BCUT2D eigenvalue weighted by atomic mass is 10.2. The summed E-state index contributed by atoms with van der Waals surface area (Å²) in [6.07, 6.45) is 0. The van der Waals surface area contributed by atoms with Crippen molar-refractivity contribution in [3.63, 3.8) is 0 Å². The Morgan fingerprint density at radius 2 is 1.89 bits per heavy atom. The van der Waals surface area contributed by atoms with Gasteiger partial charge < -0.3 is 14.8 Å². The second kappa shape index (κ2) is 6.48. The third kappa shape index (κ3) is 3.64. The third-order valence-electron chi connectivity index (χ3n) is 2.80. The molecule has 2 rings (SSSR count). The molecule has 0 radical (unpaired) electrons. The van der Waals surface area contributed by atoms with Gasteiger partial charge in [0, 0.05) is 28.3 Å². The van der Waals surface area contributed by atoms with Crippen molar-refractivity contribution >= 4 is 21.6 Å². The second-order valence-electron chi connectivity index (χ2n) is 4.04. The highest BCUT2D eigenvalue weighted by Crippen LogP contribution is 2.24. The third-order valence-corrected chi connectivity index (χ3v) is 3.29. The Morgan fingerprint density at radius 3 is 2.63 bits per heavy atom. The lowest BCUT2D eigenvalue weighted by Crippen LogP contribution is -2.02. The number of hydrogen-bond acceptors (Lipinski definition) is 3. The van der Waals surface area contributed by atoms with Crippen LogP contribution in [0.5, 0.6) is 11.5 Å². The fourth-order valence-corrected chi connectivity index (χ4v) is 2.22. The molecule has 0 atom stereocenters. The fourth-order valence-electron chi connectivity index (χ4n) is 1.82. The quantitative estimate of drug-likeness (QED) is 0.900. The summed E-state index contributed by atoms with van der Waals surface area (Å²) in [6.45, 7) is 0.690. The van der Waals surface area contributed by atoms with Crippen LogP contribution in [0.15, 0.2) is 46.9 Å². The molecule has 0 bridgehead atoms. The van der Waals surface area contributed by atoms with Gasteiger partial charge in [-0.05, 0) is 30.3 Å². The largest absolute Gasteiger partial charge is 0.497 e. The van der Waals surface area contributed by atoms with Crippen LogP contribution >= 0.6 is 15.9 Å². The van der Waals surface area contributed by atoms with Gasteiger partial charge in [-0.15, -0.1) is 0 Å². The number of anilines is 1. The predicted octanol–water partition coefficient (Wildman–Crippen LogP) is 4.08. The fraction of sp³-hybridized carbons (Fsp3) is 0.200. The molecule has 0 aromatic heterocycles. The van der Waals surface area contributed by atoms with Crippen molar-refractivity contribution in [2.24, 2.45) is 0 Å². The van der Waals surface area contributed by atoms with Gasteiger partial charge in [0.25, 0.3) is 0 Å². The van der Waals surface area contributed by atoms with Crippen LogP contribution < -0.4 is 14.8 Å². The molecular formula is C15H16BrNO2. The number of rotatable bonds is 5. The molecule has 1 N–H and O–H groups in total. The highest BCUT2D eigenvalue weighted by Gasteiger charge is 2.04. The van der Waals surface area contributed by atoms with E-state index >= 15 is 0 Å². The zero-order valence-electron chi connectivity index (χ0n) is 10.9. The smallest absolute Gasteiger partial charge is 0.123 e. The van der Waals surface area contributed by atoms with Crippen LogP contribution in [-0.4, -0.2) is 14.2 Å². The minimum absolute atomic E-state index is 0.690. The van der Waals surface area contributed by atoms with Crippen molar-refractivity contribution < 1.29 is 9.47 Å². The van der Waals surface area contributed by atoms with Crippen LogP contribution in [0.2, 0.25) is 0 Å². The highest BCUT2D eigenvalue weighted by molar-refractivity contribution is 9.10. The van der Waals surface area contributed by atoms with Crippen molar-refractivity contribution in [3.05, 3.63) is 52.5 Å². The number of methoxy groups -OCH3 is 2. The molecule has 0 aliphatic heterocycles.